The Labute approximate surface area is 136 Å². The summed E-state index contributed by atoms with van der Waals surface area (Å²) in [6, 6.07) is 8.81. The molecule has 3 saturated heterocycles. The van der Waals surface area contributed by atoms with Crippen LogP contribution >= 0.6 is 0 Å². The van der Waals surface area contributed by atoms with Gasteiger partial charge in [-0.05, 0) is 0 Å². The standard InChI is InChI=1S/C9H12O2.C6H10O3.C2H4O/c1-2-9(10,11)8-6-4-3-5-7-8;1(5-3-8-5)7-2-6-4-9-6;1-2-3-1/h3-7,10-11H,2H2,1H3;5-6H,1-4H2;1-2H2. The highest BCUT2D eigenvalue weighted by Gasteiger charge is 2.26. The summed E-state index contributed by atoms with van der Waals surface area (Å²) in [5.41, 5.74) is 0.544. The van der Waals surface area contributed by atoms with Gasteiger partial charge in [0.25, 0.3) is 0 Å². The second-order valence-corrected chi connectivity index (χ2v) is 5.60. The Kier molecular flexibility index (Phi) is 7.42. The molecule has 130 valence electrons. The van der Waals surface area contributed by atoms with Crippen LogP contribution in [-0.2, 0) is 24.7 Å². The van der Waals surface area contributed by atoms with E-state index in [9.17, 15) is 10.2 Å². The maximum Gasteiger partial charge on any atom is 0.189 e. The fourth-order valence-electron chi connectivity index (χ4n) is 1.57. The molecule has 3 aliphatic rings. The van der Waals surface area contributed by atoms with Crippen molar-refractivity contribution in [3.8, 4) is 0 Å². The molecule has 1 aromatic rings. The van der Waals surface area contributed by atoms with Crippen LogP contribution in [0.1, 0.15) is 18.9 Å². The molecule has 0 aliphatic carbocycles. The summed E-state index contributed by atoms with van der Waals surface area (Å²) in [6.07, 6.45) is 1.09. The largest absolute Gasteiger partial charge is 0.377 e. The lowest BCUT2D eigenvalue weighted by Gasteiger charge is -2.19. The molecule has 0 amide bonds. The Balaban J connectivity index is 0.000000142. The average Bonchev–Trinajstić information content (AvgIpc) is 3.44. The molecular weight excluding hydrogens is 300 g/mol. The van der Waals surface area contributed by atoms with E-state index in [0.717, 1.165) is 39.6 Å². The predicted octanol–water partition coefficient (Wildman–Crippen LogP) is 1.05. The Morgan fingerprint density at radius 2 is 1.52 bits per heavy atom. The molecule has 2 unspecified atom stereocenters. The molecule has 3 heterocycles. The van der Waals surface area contributed by atoms with Gasteiger partial charge in [-0.25, -0.2) is 0 Å². The first kappa shape index (κ1) is 18.3. The van der Waals surface area contributed by atoms with Crippen molar-refractivity contribution in [1.29, 1.82) is 0 Å². The summed E-state index contributed by atoms with van der Waals surface area (Å²) >= 11 is 0. The highest BCUT2D eigenvalue weighted by molar-refractivity contribution is 5.19. The minimum atomic E-state index is -1.67. The van der Waals surface area contributed by atoms with Gasteiger partial charge in [0.1, 0.15) is 12.2 Å². The van der Waals surface area contributed by atoms with Crippen LogP contribution in [0.25, 0.3) is 0 Å². The molecule has 3 aliphatic heterocycles. The second kappa shape index (κ2) is 9.32. The summed E-state index contributed by atoms with van der Waals surface area (Å²) in [5.74, 6) is -1.67. The maximum absolute atomic E-state index is 9.35. The van der Waals surface area contributed by atoms with Crippen molar-refractivity contribution in [1.82, 2.24) is 0 Å². The Morgan fingerprint density at radius 1 is 1.04 bits per heavy atom. The highest BCUT2D eigenvalue weighted by atomic mass is 16.6. The van der Waals surface area contributed by atoms with E-state index in [2.05, 4.69) is 4.74 Å². The number of epoxide rings is 3. The van der Waals surface area contributed by atoms with Crippen LogP contribution in [0.2, 0.25) is 0 Å². The summed E-state index contributed by atoms with van der Waals surface area (Å²) in [6.45, 7) is 6.99. The van der Waals surface area contributed by atoms with Gasteiger partial charge in [0.05, 0.1) is 39.6 Å². The lowest BCUT2D eigenvalue weighted by atomic mass is 10.0. The van der Waals surface area contributed by atoms with E-state index in [1.54, 1.807) is 31.2 Å². The maximum atomic E-state index is 9.35. The third-order valence-electron chi connectivity index (χ3n) is 3.35. The Bertz CT molecular complexity index is 411. The van der Waals surface area contributed by atoms with E-state index in [1.165, 1.54) is 0 Å². The van der Waals surface area contributed by atoms with Crippen molar-refractivity contribution in [2.24, 2.45) is 0 Å². The Hall–Kier alpha value is -1.02. The highest BCUT2D eigenvalue weighted by Crippen LogP contribution is 2.20. The third-order valence-corrected chi connectivity index (χ3v) is 3.35. The number of benzene rings is 1. The quantitative estimate of drug-likeness (QED) is 0.600. The van der Waals surface area contributed by atoms with E-state index >= 15 is 0 Å². The van der Waals surface area contributed by atoms with Gasteiger partial charge in [0.15, 0.2) is 5.79 Å². The van der Waals surface area contributed by atoms with Gasteiger partial charge >= 0.3 is 0 Å². The topological polar surface area (TPSA) is 87.3 Å². The zero-order valence-electron chi connectivity index (χ0n) is 13.5. The molecular formula is C17H26O6. The average molecular weight is 326 g/mol. The smallest absolute Gasteiger partial charge is 0.189 e. The lowest BCUT2D eigenvalue weighted by molar-refractivity contribution is -0.171. The monoisotopic (exact) mass is 326 g/mol. The summed E-state index contributed by atoms with van der Waals surface area (Å²) in [4.78, 5) is 0. The fraction of sp³-hybridized carbons (Fsp3) is 0.647. The van der Waals surface area contributed by atoms with Crippen LogP contribution in [0.4, 0.5) is 0 Å². The third kappa shape index (κ3) is 9.00. The number of aliphatic hydroxyl groups is 2. The van der Waals surface area contributed by atoms with Crippen molar-refractivity contribution < 1.29 is 29.2 Å². The van der Waals surface area contributed by atoms with Gasteiger partial charge in [-0.2, -0.15) is 0 Å². The zero-order chi connectivity index (χ0) is 16.5. The molecule has 6 heteroatoms. The number of hydrogen-bond donors (Lipinski definition) is 2. The number of hydrogen-bond acceptors (Lipinski definition) is 6. The normalized spacial score (nSPS) is 23.8. The van der Waals surface area contributed by atoms with Crippen molar-refractivity contribution in [2.75, 3.05) is 39.6 Å². The van der Waals surface area contributed by atoms with E-state index in [4.69, 9.17) is 14.2 Å². The van der Waals surface area contributed by atoms with Crippen molar-refractivity contribution in [3.05, 3.63) is 35.9 Å². The van der Waals surface area contributed by atoms with Crippen LogP contribution in [-0.4, -0.2) is 62.1 Å². The summed E-state index contributed by atoms with van der Waals surface area (Å²) in [7, 11) is 0. The van der Waals surface area contributed by atoms with Crippen LogP contribution in [0.15, 0.2) is 30.3 Å². The predicted molar refractivity (Wildman–Crippen MR) is 84.0 cm³/mol. The van der Waals surface area contributed by atoms with Crippen LogP contribution in [0.5, 0.6) is 0 Å². The molecule has 2 atom stereocenters. The minimum Gasteiger partial charge on any atom is -0.377 e. The van der Waals surface area contributed by atoms with Gasteiger partial charge in [-0.15, -0.1) is 0 Å². The molecule has 1 aromatic carbocycles. The van der Waals surface area contributed by atoms with Gasteiger partial charge in [-0.3, -0.25) is 0 Å². The molecule has 23 heavy (non-hydrogen) atoms. The molecule has 0 spiro atoms. The van der Waals surface area contributed by atoms with Crippen molar-refractivity contribution in [3.63, 3.8) is 0 Å². The van der Waals surface area contributed by atoms with Crippen LogP contribution in [0, 0.1) is 0 Å². The van der Waals surface area contributed by atoms with E-state index in [-0.39, 0.29) is 0 Å². The Morgan fingerprint density at radius 3 is 1.87 bits per heavy atom. The number of rotatable bonds is 6. The first-order chi connectivity index (χ1) is 11.1. The van der Waals surface area contributed by atoms with Gasteiger partial charge in [0, 0.05) is 12.0 Å². The molecule has 6 nitrogen and oxygen atoms in total. The summed E-state index contributed by atoms with van der Waals surface area (Å²) in [5, 5.41) is 18.7. The SMILES string of the molecule is C(OCC1CO1)C1CO1.C1CO1.CCC(O)(O)c1ccccc1. The molecule has 0 aromatic heterocycles. The summed E-state index contributed by atoms with van der Waals surface area (Å²) < 4.78 is 19.6. The minimum absolute atomic E-state index is 0.303. The molecule has 4 rings (SSSR count). The molecule has 3 fully saturated rings. The van der Waals surface area contributed by atoms with Gasteiger partial charge < -0.3 is 29.2 Å². The van der Waals surface area contributed by atoms with E-state index in [0.29, 0.717) is 24.2 Å². The van der Waals surface area contributed by atoms with E-state index < -0.39 is 5.79 Å². The number of ether oxygens (including phenoxy) is 4. The van der Waals surface area contributed by atoms with E-state index in [1.807, 2.05) is 6.07 Å². The van der Waals surface area contributed by atoms with Gasteiger partial charge in [-0.1, -0.05) is 37.3 Å². The zero-order valence-corrected chi connectivity index (χ0v) is 13.5. The molecule has 0 saturated carbocycles. The first-order valence-electron chi connectivity index (χ1n) is 8.01. The fourth-order valence-corrected chi connectivity index (χ4v) is 1.57. The molecule has 2 N–H and O–H groups in total. The van der Waals surface area contributed by atoms with Crippen LogP contribution in [0.3, 0.4) is 0 Å². The van der Waals surface area contributed by atoms with Crippen molar-refractivity contribution in [2.45, 2.75) is 31.3 Å². The lowest BCUT2D eigenvalue weighted by Crippen LogP contribution is -2.23. The first-order valence-corrected chi connectivity index (χ1v) is 8.01. The molecule has 0 radical (unpaired) electrons. The van der Waals surface area contributed by atoms with Gasteiger partial charge in [0.2, 0.25) is 0 Å². The second-order valence-electron chi connectivity index (χ2n) is 5.60. The molecule has 0 bridgehead atoms. The van der Waals surface area contributed by atoms with Crippen LogP contribution < -0.4 is 0 Å². The van der Waals surface area contributed by atoms with Crippen molar-refractivity contribution >= 4 is 0 Å².